The topological polar surface area (TPSA) is 45.0 Å². The molecule has 0 aromatic heterocycles. The number of hydrogen-bond donors (Lipinski definition) is 1. The Morgan fingerprint density at radius 2 is 2.12 bits per heavy atom. The van der Waals surface area contributed by atoms with Crippen LogP contribution in [-0.2, 0) is 0 Å². The average Bonchev–Trinajstić information content (AvgIpc) is 2.34. The summed E-state index contributed by atoms with van der Waals surface area (Å²) in [6.07, 6.45) is 0. The molecule has 1 atom stereocenters. The van der Waals surface area contributed by atoms with Gasteiger partial charge in [-0.15, -0.1) is 0 Å². The van der Waals surface area contributed by atoms with E-state index in [1.807, 2.05) is 12.1 Å². The lowest BCUT2D eigenvalue weighted by Crippen LogP contribution is -2.30. The molecular formula is C14H20N2O. The maximum Gasteiger partial charge on any atom is 0.120 e. The predicted octanol–water partition coefficient (Wildman–Crippen LogP) is 2.57. The van der Waals surface area contributed by atoms with Gasteiger partial charge in [0.15, 0.2) is 0 Å². The summed E-state index contributed by atoms with van der Waals surface area (Å²) in [5.41, 5.74) is 0.635. The molecule has 0 amide bonds. The maximum atomic E-state index is 8.77. The Kier molecular flexibility index (Phi) is 5.51. The van der Waals surface area contributed by atoms with Crippen LogP contribution in [0.15, 0.2) is 24.3 Å². The zero-order chi connectivity index (χ0) is 12.7. The van der Waals surface area contributed by atoms with Crippen molar-refractivity contribution < 1.29 is 4.74 Å². The largest absolute Gasteiger partial charge is 0.493 e. The second-order valence-corrected chi connectivity index (χ2v) is 4.62. The zero-order valence-electron chi connectivity index (χ0n) is 10.7. The van der Waals surface area contributed by atoms with Crippen LogP contribution in [0, 0.1) is 17.2 Å². The highest BCUT2D eigenvalue weighted by Gasteiger charge is 2.04. The van der Waals surface area contributed by atoms with Crippen molar-refractivity contribution in [2.24, 2.45) is 5.92 Å². The van der Waals surface area contributed by atoms with Crippen LogP contribution >= 0.6 is 0 Å². The van der Waals surface area contributed by atoms with E-state index in [0.717, 1.165) is 12.3 Å². The van der Waals surface area contributed by atoms with E-state index in [4.69, 9.17) is 10.00 Å². The summed E-state index contributed by atoms with van der Waals surface area (Å²) in [5.74, 6) is 1.21. The molecule has 0 aliphatic heterocycles. The Morgan fingerprint density at radius 1 is 1.35 bits per heavy atom. The highest BCUT2D eigenvalue weighted by Crippen LogP contribution is 2.13. The van der Waals surface area contributed by atoms with Crippen LogP contribution in [0.5, 0.6) is 5.75 Å². The third-order valence-electron chi connectivity index (χ3n) is 2.37. The molecule has 1 aromatic rings. The molecule has 17 heavy (non-hydrogen) atoms. The van der Waals surface area contributed by atoms with Gasteiger partial charge in [-0.1, -0.05) is 26.8 Å². The van der Waals surface area contributed by atoms with Crippen LogP contribution in [0.25, 0.3) is 0 Å². The van der Waals surface area contributed by atoms with Gasteiger partial charge in [0.1, 0.15) is 5.75 Å². The molecule has 1 N–H and O–H groups in total. The van der Waals surface area contributed by atoms with Gasteiger partial charge < -0.3 is 10.1 Å². The summed E-state index contributed by atoms with van der Waals surface area (Å²) in [6, 6.07) is 9.86. The van der Waals surface area contributed by atoms with Gasteiger partial charge in [0.2, 0.25) is 0 Å². The molecule has 1 unspecified atom stereocenters. The van der Waals surface area contributed by atoms with Gasteiger partial charge in [0.05, 0.1) is 18.2 Å². The number of ether oxygens (including phenoxy) is 1. The summed E-state index contributed by atoms with van der Waals surface area (Å²) in [7, 11) is 0. The normalized spacial score (nSPS) is 12.2. The van der Waals surface area contributed by atoms with E-state index >= 15 is 0 Å². The predicted molar refractivity (Wildman–Crippen MR) is 69.0 cm³/mol. The van der Waals surface area contributed by atoms with E-state index < -0.39 is 0 Å². The van der Waals surface area contributed by atoms with Gasteiger partial charge in [-0.2, -0.15) is 5.26 Å². The van der Waals surface area contributed by atoms with Gasteiger partial charge in [-0.05, 0) is 18.2 Å². The van der Waals surface area contributed by atoms with E-state index in [0.29, 0.717) is 24.1 Å². The van der Waals surface area contributed by atoms with Crippen molar-refractivity contribution >= 4 is 0 Å². The summed E-state index contributed by atoms with van der Waals surface area (Å²) < 4.78 is 5.65. The highest BCUT2D eigenvalue weighted by atomic mass is 16.5. The second kappa shape index (κ2) is 6.93. The van der Waals surface area contributed by atoms with Crippen LogP contribution in [0.3, 0.4) is 0 Å². The molecule has 1 aromatic carbocycles. The third kappa shape index (κ3) is 5.37. The van der Waals surface area contributed by atoms with E-state index in [2.05, 4.69) is 32.2 Å². The fraction of sp³-hybridized carbons (Fsp3) is 0.500. The number of benzene rings is 1. The van der Waals surface area contributed by atoms with Crippen LogP contribution in [-0.4, -0.2) is 19.2 Å². The highest BCUT2D eigenvalue weighted by molar-refractivity contribution is 5.36. The molecule has 0 aliphatic carbocycles. The first-order chi connectivity index (χ1) is 8.11. The molecule has 0 aliphatic rings. The van der Waals surface area contributed by atoms with Crippen molar-refractivity contribution in [2.45, 2.75) is 26.8 Å². The Hall–Kier alpha value is -1.53. The zero-order valence-corrected chi connectivity index (χ0v) is 10.7. The molecule has 0 spiro atoms. The summed E-state index contributed by atoms with van der Waals surface area (Å²) in [4.78, 5) is 0. The van der Waals surface area contributed by atoms with Crippen LogP contribution in [0.4, 0.5) is 0 Å². The van der Waals surface area contributed by atoms with Crippen LogP contribution in [0.2, 0.25) is 0 Å². The minimum atomic E-state index is 0.447. The first-order valence-corrected chi connectivity index (χ1v) is 5.98. The minimum absolute atomic E-state index is 0.447. The van der Waals surface area contributed by atoms with Gasteiger partial charge in [-0.3, -0.25) is 0 Å². The lowest BCUT2D eigenvalue weighted by molar-refractivity contribution is 0.253. The molecule has 0 bridgehead atoms. The molecule has 0 radical (unpaired) electrons. The number of rotatable bonds is 6. The number of nitriles is 1. The van der Waals surface area contributed by atoms with E-state index in [1.165, 1.54) is 0 Å². The molecular weight excluding hydrogens is 212 g/mol. The van der Waals surface area contributed by atoms with Crippen molar-refractivity contribution in [3.05, 3.63) is 29.8 Å². The Bertz CT molecular complexity index is 382. The molecule has 3 heteroatoms. The first-order valence-electron chi connectivity index (χ1n) is 5.98. The second-order valence-electron chi connectivity index (χ2n) is 4.62. The van der Waals surface area contributed by atoms with Crippen LogP contribution < -0.4 is 10.1 Å². The fourth-order valence-corrected chi connectivity index (χ4v) is 1.39. The summed E-state index contributed by atoms with van der Waals surface area (Å²) in [5, 5.41) is 12.1. The Labute approximate surface area is 103 Å². The number of nitrogens with one attached hydrogen (secondary N) is 1. The maximum absolute atomic E-state index is 8.77. The van der Waals surface area contributed by atoms with Crippen molar-refractivity contribution in [1.82, 2.24) is 5.32 Å². The molecule has 0 fully saturated rings. The van der Waals surface area contributed by atoms with Gasteiger partial charge in [-0.25, -0.2) is 0 Å². The van der Waals surface area contributed by atoms with Crippen molar-refractivity contribution in [3.63, 3.8) is 0 Å². The molecule has 0 saturated carbocycles. The van der Waals surface area contributed by atoms with E-state index in [9.17, 15) is 0 Å². The number of nitrogens with zero attached hydrogens (tertiary/aromatic N) is 1. The molecule has 0 saturated heterocycles. The molecule has 3 nitrogen and oxygen atoms in total. The van der Waals surface area contributed by atoms with Gasteiger partial charge in [0, 0.05) is 18.5 Å². The SMILES string of the molecule is CC(CNC(C)C)COc1cccc(C#N)c1. The molecule has 1 rings (SSSR count). The lowest BCUT2D eigenvalue weighted by Gasteiger charge is -2.15. The monoisotopic (exact) mass is 232 g/mol. The lowest BCUT2D eigenvalue weighted by atomic mass is 10.2. The Balaban J connectivity index is 2.37. The number of hydrogen-bond acceptors (Lipinski definition) is 3. The Morgan fingerprint density at radius 3 is 2.76 bits per heavy atom. The fourth-order valence-electron chi connectivity index (χ4n) is 1.39. The van der Waals surface area contributed by atoms with E-state index in [-0.39, 0.29) is 0 Å². The van der Waals surface area contributed by atoms with Gasteiger partial charge >= 0.3 is 0 Å². The summed E-state index contributed by atoms with van der Waals surface area (Å²) >= 11 is 0. The van der Waals surface area contributed by atoms with Crippen LogP contribution in [0.1, 0.15) is 26.3 Å². The van der Waals surface area contributed by atoms with Crippen molar-refractivity contribution in [3.8, 4) is 11.8 Å². The van der Waals surface area contributed by atoms with Crippen molar-refractivity contribution in [2.75, 3.05) is 13.2 Å². The summed E-state index contributed by atoms with van der Waals surface area (Å²) in [6.45, 7) is 8.00. The smallest absolute Gasteiger partial charge is 0.120 e. The third-order valence-corrected chi connectivity index (χ3v) is 2.37. The molecule has 92 valence electrons. The van der Waals surface area contributed by atoms with Crippen molar-refractivity contribution in [1.29, 1.82) is 5.26 Å². The first kappa shape index (κ1) is 13.5. The molecule has 0 heterocycles. The minimum Gasteiger partial charge on any atom is -0.493 e. The standard InChI is InChI=1S/C14H20N2O/c1-11(2)16-9-12(3)10-17-14-6-4-5-13(7-14)8-15/h4-7,11-12,16H,9-10H2,1-3H3. The van der Waals surface area contributed by atoms with E-state index in [1.54, 1.807) is 12.1 Å². The van der Waals surface area contributed by atoms with Gasteiger partial charge in [0.25, 0.3) is 0 Å². The quantitative estimate of drug-likeness (QED) is 0.820. The average molecular weight is 232 g/mol.